The zero-order valence-corrected chi connectivity index (χ0v) is 7.73. The van der Waals surface area contributed by atoms with Crippen LogP contribution in [0.25, 0.3) is 0 Å². The molecule has 0 bridgehead atoms. The first-order chi connectivity index (χ1) is 5.25. The molecular weight excluding hydrogens is 174 g/mol. The fourth-order valence-electron chi connectivity index (χ4n) is 0.941. The Morgan fingerprint density at radius 2 is 2.00 bits per heavy atom. The summed E-state index contributed by atoms with van der Waals surface area (Å²) >= 11 is 0. The molecule has 0 aromatic heterocycles. The van der Waals surface area contributed by atoms with Crippen molar-refractivity contribution in [1.82, 2.24) is 0 Å². The van der Waals surface area contributed by atoms with Crippen LogP contribution < -0.4 is 5.73 Å². The summed E-state index contributed by atoms with van der Waals surface area (Å²) in [6, 6.07) is 7.13. The van der Waals surface area contributed by atoms with E-state index in [-0.39, 0.29) is 18.2 Å². The number of carbonyl (C=O) groups is 1. The van der Waals surface area contributed by atoms with E-state index in [1.54, 1.807) is 12.1 Å². The van der Waals surface area contributed by atoms with E-state index in [4.69, 9.17) is 5.73 Å². The molecule has 1 aromatic carbocycles. The van der Waals surface area contributed by atoms with Gasteiger partial charge in [-0.2, -0.15) is 0 Å². The highest BCUT2D eigenvalue weighted by atomic mass is 35.5. The molecule has 1 rings (SSSR count). The van der Waals surface area contributed by atoms with Crippen molar-refractivity contribution < 1.29 is 4.79 Å². The van der Waals surface area contributed by atoms with E-state index in [2.05, 4.69) is 0 Å². The topological polar surface area (TPSA) is 43.1 Å². The van der Waals surface area contributed by atoms with Crippen molar-refractivity contribution in [3.05, 3.63) is 29.8 Å². The summed E-state index contributed by atoms with van der Waals surface area (Å²) in [4.78, 5) is 11.2. The first-order valence-corrected chi connectivity index (χ1v) is 3.63. The molecule has 0 radical (unpaired) electrons. The third-order valence-corrected chi connectivity index (χ3v) is 1.58. The van der Waals surface area contributed by atoms with Gasteiger partial charge in [0, 0.05) is 17.7 Å². The standard InChI is InChI=1S/C9H11NO.ClH/c1-2-9(11)7-5-3-4-6-8(7)10;/h3-6H,2,10H2,1H3;1H. The number of para-hydroxylation sites is 1. The van der Waals surface area contributed by atoms with Crippen LogP contribution in [0.3, 0.4) is 0 Å². The normalized spacial score (nSPS) is 8.75. The van der Waals surface area contributed by atoms with Gasteiger partial charge in [-0.15, -0.1) is 12.4 Å². The average molecular weight is 186 g/mol. The second kappa shape index (κ2) is 4.78. The van der Waals surface area contributed by atoms with Gasteiger partial charge in [0.2, 0.25) is 0 Å². The number of carbonyl (C=O) groups excluding carboxylic acids is 1. The fraction of sp³-hybridized carbons (Fsp3) is 0.222. The second-order valence-corrected chi connectivity index (χ2v) is 2.36. The predicted octanol–water partition coefficient (Wildman–Crippen LogP) is 2.28. The second-order valence-electron chi connectivity index (χ2n) is 2.36. The van der Waals surface area contributed by atoms with E-state index >= 15 is 0 Å². The summed E-state index contributed by atoms with van der Waals surface area (Å²) < 4.78 is 0. The number of benzene rings is 1. The molecule has 0 aliphatic carbocycles. The van der Waals surface area contributed by atoms with E-state index in [0.29, 0.717) is 17.7 Å². The molecule has 0 aliphatic heterocycles. The Hall–Kier alpha value is -1.02. The molecule has 0 unspecified atom stereocenters. The highest BCUT2D eigenvalue weighted by Gasteiger charge is 2.04. The minimum atomic E-state index is 0. The Morgan fingerprint density at radius 1 is 1.42 bits per heavy atom. The molecule has 0 heterocycles. The summed E-state index contributed by atoms with van der Waals surface area (Å²) in [5.41, 5.74) is 6.78. The number of anilines is 1. The molecule has 0 atom stereocenters. The van der Waals surface area contributed by atoms with Crippen molar-refractivity contribution in [2.75, 3.05) is 5.73 Å². The van der Waals surface area contributed by atoms with Gasteiger partial charge in [-0.05, 0) is 12.1 Å². The molecule has 0 spiro atoms. The SMILES string of the molecule is CCC(=O)c1ccccc1N.Cl. The summed E-state index contributed by atoms with van der Waals surface area (Å²) in [6.07, 6.45) is 0.508. The molecule has 1 aromatic rings. The van der Waals surface area contributed by atoms with Crippen LogP contribution in [-0.4, -0.2) is 5.78 Å². The molecule has 0 saturated carbocycles. The maximum Gasteiger partial charge on any atom is 0.164 e. The van der Waals surface area contributed by atoms with E-state index in [1.807, 2.05) is 19.1 Å². The highest BCUT2D eigenvalue weighted by Crippen LogP contribution is 2.11. The zero-order valence-electron chi connectivity index (χ0n) is 6.91. The molecule has 0 aliphatic rings. The molecule has 12 heavy (non-hydrogen) atoms. The first kappa shape index (κ1) is 11.0. The highest BCUT2D eigenvalue weighted by molar-refractivity contribution is 6.00. The van der Waals surface area contributed by atoms with Crippen LogP contribution in [0.2, 0.25) is 0 Å². The summed E-state index contributed by atoms with van der Waals surface area (Å²) in [7, 11) is 0. The van der Waals surface area contributed by atoms with Gasteiger partial charge in [0.25, 0.3) is 0 Å². The Morgan fingerprint density at radius 3 is 2.50 bits per heavy atom. The van der Waals surface area contributed by atoms with Crippen LogP contribution in [0.1, 0.15) is 23.7 Å². The average Bonchev–Trinajstić information content (AvgIpc) is 2.04. The summed E-state index contributed by atoms with van der Waals surface area (Å²) in [6.45, 7) is 1.83. The van der Waals surface area contributed by atoms with Gasteiger partial charge < -0.3 is 5.73 Å². The first-order valence-electron chi connectivity index (χ1n) is 3.63. The monoisotopic (exact) mass is 185 g/mol. The lowest BCUT2D eigenvalue weighted by Crippen LogP contribution is -2.01. The van der Waals surface area contributed by atoms with Crippen LogP contribution in [0, 0.1) is 0 Å². The molecule has 0 fully saturated rings. The number of rotatable bonds is 2. The molecule has 2 N–H and O–H groups in total. The van der Waals surface area contributed by atoms with Crippen molar-refractivity contribution in [2.24, 2.45) is 0 Å². The smallest absolute Gasteiger partial charge is 0.164 e. The van der Waals surface area contributed by atoms with Crippen LogP contribution in [0.4, 0.5) is 5.69 Å². The van der Waals surface area contributed by atoms with E-state index in [9.17, 15) is 4.79 Å². The van der Waals surface area contributed by atoms with Gasteiger partial charge in [-0.1, -0.05) is 19.1 Å². The Balaban J connectivity index is 0.00000121. The number of hydrogen-bond acceptors (Lipinski definition) is 2. The third kappa shape index (κ3) is 2.24. The van der Waals surface area contributed by atoms with Gasteiger partial charge in [-0.3, -0.25) is 4.79 Å². The van der Waals surface area contributed by atoms with Crippen LogP contribution in [-0.2, 0) is 0 Å². The molecule has 0 amide bonds. The van der Waals surface area contributed by atoms with E-state index < -0.39 is 0 Å². The van der Waals surface area contributed by atoms with Gasteiger partial charge in [0.05, 0.1) is 0 Å². The van der Waals surface area contributed by atoms with Gasteiger partial charge in [0.15, 0.2) is 5.78 Å². The molecule has 3 heteroatoms. The van der Waals surface area contributed by atoms with Crippen molar-refractivity contribution in [1.29, 1.82) is 0 Å². The Kier molecular flexibility index (Phi) is 4.37. The Labute approximate surface area is 78.2 Å². The van der Waals surface area contributed by atoms with Gasteiger partial charge in [-0.25, -0.2) is 0 Å². The maximum absolute atomic E-state index is 11.2. The fourth-order valence-corrected chi connectivity index (χ4v) is 0.941. The van der Waals surface area contributed by atoms with Gasteiger partial charge >= 0.3 is 0 Å². The van der Waals surface area contributed by atoms with Crippen LogP contribution >= 0.6 is 12.4 Å². The van der Waals surface area contributed by atoms with Crippen molar-refractivity contribution in [3.8, 4) is 0 Å². The van der Waals surface area contributed by atoms with Gasteiger partial charge in [0.1, 0.15) is 0 Å². The zero-order chi connectivity index (χ0) is 8.27. The lowest BCUT2D eigenvalue weighted by atomic mass is 10.1. The number of nitrogen functional groups attached to an aromatic ring is 1. The van der Waals surface area contributed by atoms with Crippen LogP contribution in [0.15, 0.2) is 24.3 Å². The number of Topliss-reactive ketones (excluding diaryl/α,β-unsaturated/α-hetero) is 1. The predicted molar refractivity (Wildman–Crippen MR) is 52.7 cm³/mol. The van der Waals surface area contributed by atoms with Crippen molar-refractivity contribution in [3.63, 3.8) is 0 Å². The molecule has 2 nitrogen and oxygen atoms in total. The van der Waals surface area contributed by atoms with Crippen molar-refractivity contribution >= 4 is 23.9 Å². The lowest BCUT2D eigenvalue weighted by Gasteiger charge is -2.00. The lowest BCUT2D eigenvalue weighted by molar-refractivity contribution is 0.0989. The van der Waals surface area contributed by atoms with E-state index in [1.165, 1.54) is 0 Å². The maximum atomic E-state index is 11.2. The summed E-state index contributed by atoms with van der Waals surface area (Å²) in [5, 5.41) is 0. The molecular formula is C9H12ClNO. The van der Waals surface area contributed by atoms with Crippen LogP contribution in [0.5, 0.6) is 0 Å². The number of nitrogens with two attached hydrogens (primary N) is 1. The Bertz CT molecular complexity index is 273. The molecule has 0 saturated heterocycles. The quantitative estimate of drug-likeness (QED) is 0.568. The third-order valence-electron chi connectivity index (χ3n) is 1.58. The number of halogens is 1. The minimum absolute atomic E-state index is 0. The van der Waals surface area contributed by atoms with E-state index in [0.717, 1.165) is 0 Å². The summed E-state index contributed by atoms with van der Waals surface area (Å²) in [5.74, 6) is 0.100. The molecule has 66 valence electrons. The number of hydrogen-bond donors (Lipinski definition) is 1. The minimum Gasteiger partial charge on any atom is -0.398 e. The number of ketones is 1. The van der Waals surface area contributed by atoms with Crippen molar-refractivity contribution in [2.45, 2.75) is 13.3 Å². The largest absolute Gasteiger partial charge is 0.398 e.